The SMILES string of the molecule is Cc1nnc2ccc(N3C4CCC3CC(NC(=O)c3ccccc3F)C4)nn12. The summed E-state index contributed by atoms with van der Waals surface area (Å²) in [5, 5.41) is 15.9. The van der Waals surface area contributed by atoms with E-state index >= 15 is 0 Å². The van der Waals surface area contributed by atoms with Gasteiger partial charge in [-0.25, -0.2) is 4.39 Å². The van der Waals surface area contributed by atoms with Crippen molar-refractivity contribution in [2.24, 2.45) is 0 Å². The van der Waals surface area contributed by atoms with Gasteiger partial charge < -0.3 is 10.2 Å². The van der Waals surface area contributed by atoms with E-state index in [0.29, 0.717) is 12.1 Å². The van der Waals surface area contributed by atoms with E-state index in [9.17, 15) is 9.18 Å². The van der Waals surface area contributed by atoms with Gasteiger partial charge in [0.1, 0.15) is 11.6 Å². The number of aryl methyl sites for hydroxylation is 1. The molecule has 2 fully saturated rings. The van der Waals surface area contributed by atoms with Gasteiger partial charge in [0, 0.05) is 18.1 Å². The molecule has 7 nitrogen and oxygen atoms in total. The number of carbonyl (C=O) groups is 1. The molecule has 1 aromatic carbocycles. The third kappa shape index (κ3) is 2.80. The van der Waals surface area contributed by atoms with Crippen molar-refractivity contribution in [1.29, 1.82) is 0 Å². The Hall–Kier alpha value is -3.03. The zero-order chi connectivity index (χ0) is 19.3. The number of benzene rings is 1. The minimum atomic E-state index is -0.484. The second-order valence-electron chi connectivity index (χ2n) is 7.62. The molecule has 2 bridgehead atoms. The van der Waals surface area contributed by atoms with E-state index in [4.69, 9.17) is 5.10 Å². The Morgan fingerprint density at radius 3 is 2.61 bits per heavy atom. The monoisotopic (exact) mass is 380 g/mol. The van der Waals surface area contributed by atoms with Crippen LogP contribution in [0.3, 0.4) is 0 Å². The molecule has 144 valence electrons. The Morgan fingerprint density at radius 1 is 1.11 bits per heavy atom. The molecule has 2 aliphatic rings. The Kier molecular flexibility index (Phi) is 3.99. The summed E-state index contributed by atoms with van der Waals surface area (Å²) in [6.07, 6.45) is 3.80. The van der Waals surface area contributed by atoms with E-state index in [1.165, 1.54) is 12.1 Å². The molecule has 5 rings (SSSR count). The van der Waals surface area contributed by atoms with Gasteiger partial charge in [0.25, 0.3) is 5.91 Å². The van der Waals surface area contributed by atoms with Gasteiger partial charge in [-0.1, -0.05) is 12.1 Å². The maximum absolute atomic E-state index is 13.9. The van der Waals surface area contributed by atoms with E-state index in [2.05, 4.69) is 20.4 Å². The number of nitrogens with zero attached hydrogens (tertiary/aromatic N) is 5. The summed E-state index contributed by atoms with van der Waals surface area (Å²) in [6, 6.07) is 10.7. The van der Waals surface area contributed by atoms with Crippen molar-refractivity contribution in [2.75, 3.05) is 4.90 Å². The Balaban J connectivity index is 1.34. The second kappa shape index (κ2) is 6.54. The maximum Gasteiger partial charge on any atom is 0.254 e. The van der Waals surface area contributed by atoms with Crippen LogP contribution in [0.25, 0.3) is 5.65 Å². The van der Waals surface area contributed by atoms with Crippen molar-refractivity contribution in [3.63, 3.8) is 0 Å². The molecule has 0 spiro atoms. The van der Waals surface area contributed by atoms with Crippen LogP contribution in [-0.2, 0) is 0 Å². The van der Waals surface area contributed by atoms with Crippen LogP contribution < -0.4 is 10.2 Å². The highest BCUT2D eigenvalue weighted by atomic mass is 19.1. The predicted molar refractivity (Wildman–Crippen MR) is 102 cm³/mol. The standard InChI is InChI=1S/C20H21FN6O/c1-12-23-24-18-8-9-19(25-27(12)18)26-14-6-7-15(26)11-13(10-14)22-20(28)16-4-2-3-5-17(16)21/h2-5,8-9,13-15H,6-7,10-11H2,1H3,(H,22,28). The molecule has 4 heterocycles. The first-order chi connectivity index (χ1) is 13.6. The van der Waals surface area contributed by atoms with Crippen LogP contribution in [0.1, 0.15) is 41.9 Å². The van der Waals surface area contributed by atoms with Crippen LogP contribution in [0.2, 0.25) is 0 Å². The number of rotatable bonds is 3. The molecular weight excluding hydrogens is 359 g/mol. The third-order valence-electron chi connectivity index (χ3n) is 5.86. The topological polar surface area (TPSA) is 75.4 Å². The van der Waals surface area contributed by atoms with Gasteiger partial charge >= 0.3 is 0 Å². The molecule has 2 saturated heterocycles. The van der Waals surface area contributed by atoms with E-state index in [-0.39, 0.29) is 17.5 Å². The summed E-state index contributed by atoms with van der Waals surface area (Å²) >= 11 is 0. The summed E-state index contributed by atoms with van der Waals surface area (Å²) in [5.41, 5.74) is 0.841. The van der Waals surface area contributed by atoms with E-state index in [1.807, 2.05) is 19.1 Å². The van der Waals surface area contributed by atoms with Crippen LogP contribution in [0.5, 0.6) is 0 Å². The Morgan fingerprint density at radius 2 is 1.86 bits per heavy atom. The summed E-state index contributed by atoms with van der Waals surface area (Å²) in [7, 11) is 0. The number of amides is 1. The lowest BCUT2D eigenvalue weighted by Crippen LogP contribution is -2.51. The quantitative estimate of drug-likeness (QED) is 0.756. The number of nitrogens with one attached hydrogen (secondary N) is 1. The lowest BCUT2D eigenvalue weighted by Gasteiger charge is -2.39. The van der Waals surface area contributed by atoms with Gasteiger partial charge in [0.15, 0.2) is 11.5 Å². The van der Waals surface area contributed by atoms with Crippen molar-refractivity contribution in [3.05, 3.63) is 53.6 Å². The number of halogens is 1. The number of carbonyl (C=O) groups excluding carboxylic acids is 1. The fraction of sp³-hybridized carbons (Fsp3) is 0.400. The van der Waals surface area contributed by atoms with Gasteiger partial charge in [-0.15, -0.1) is 15.3 Å². The maximum atomic E-state index is 13.9. The van der Waals surface area contributed by atoms with Crippen LogP contribution in [-0.4, -0.2) is 43.8 Å². The summed E-state index contributed by atoms with van der Waals surface area (Å²) < 4.78 is 15.7. The molecule has 2 aromatic heterocycles. The first kappa shape index (κ1) is 17.1. The van der Waals surface area contributed by atoms with Gasteiger partial charge in [0.2, 0.25) is 0 Å². The zero-order valence-corrected chi connectivity index (χ0v) is 15.5. The number of fused-ring (bicyclic) bond motifs is 3. The number of hydrogen-bond donors (Lipinski definition) is 1. The molecule has 0 radical (unpaired) electrons. The Bertz CT molecular complexity index is 1040. The average Bonchev–Trinajstić information content (AvgIpc) is 3.19. The number of anilines is 1. The minimum absolute atomic E-state index is 0.0428. The predicted octanol–water partition coefficient (Wildman–Crippen LogP) is 2.50. The van der Waals surface area contributed by atoms with Crippen molar-refractivity contribution in [3.8, 4) is 0 Å². The molecule has 28 heavy (non-hydrogen) atoms. The van der Waals surface area contributed by atoms with E-state index in [1.54, 1.807) is 16.6 Å². The second-order valence-corrected chi connectivity index (χ2v) is 7.62. The molecule has 2 unspecified atom stereocenters. The fourth-order valence-electron chi connectivity index (χ4n) is 4.60. The molecule has 8 heteroatoms. The van der Waals surface area contributed by atoms with Crippen molar-refractivity contribution in [2.45, 2.75) is 50.7 Å². The summed E-state index contributed by atoms with van der Waals surface area (Å²) in [5.74, 6) is 0.857. The van der Waals surface area contributed by atoms with Crippen LogP contribution in [0.4, 0.5) is 10.2 Å². The van der Waals surface area contributed by atoms with Crippen molar-refractivity contribution >= 4 is 17.4 Å². The summed E-state index contributed by atoms with van der Waals surface area (Å²) in [6.45, 7) is 1.88. The normalized spacial score (nSPS) is 23.9. The Labute approximate surface area is 161 Å². The molecular formula is C20H21FN6O. The van der Waals surface area contributed by atoms with Crippen molar-refractivity contribution < 1.29 is 9.18 Å². The highest BCUT2D eigenvalue weighted by molar-refractivity contribution is 5.94. The van der Waals surface area contributed by atoms with E-state index < -0.39 is 5.82 Å². The lowest BCUT2D eigenvalue weighted by atomic mass is 9.97. The first-order valence-corrected chi connectivity index (χ1v) is 9.63. The van der Waals surface area contributed by atoms with Gasteiger partial charge in [-0.3, -0.25) is 4.79 Å². The van der Waals surface area contributed by atoms with Gasteiger partial charge in [-0.2, -0.15) is 4.52 Å². The number of aromatic nitrogens is 4. The number of piperidine rings is 1. The molecule has 2 aliphatic heterocycles. The fourth-order valence-corrected chi connectivity index (χ4v) is 4.60. The molecule has 2 atom stereocenters. The molecule has 0 saturated carbocycles. The van der Waals surface area contributed by atoms with E-state index in [0.717, 1.165) is 43.0 Å². The molecule has 0 aliphatic carbocycles. The van der Waals surface area contributed by atoms with Crippen LogP contribution >= 0.6 is 0 Å². The highest BCUT2D eigenvalue weighted by Crippen LogP contribution is 2.38. The average molecular weight is 380 g/mol. The van der Waals surface area contributed by atoms with Crippen LogP contribution in [0.15, 0.2) is 36.4 Å². The van der Waals surface area contributed by atoms with Crippen LogP contribution in [0, 0.1) is 12.7 Å². The summed E-state index contributed by atoms with van der Waals surface area (Å²) in [4.78, 5) is 14.8. The zero-order valence-electron chi connectivity index (χ0n) is 15.5. The minimum Gasteiger partial charge on any atom is -0.349 e. The first-order valence-electron chi connectivity index (χ1n) is 9.63. The number of hydrogen-bond acceptors (Lipinski definition) is 5. The van der Waals surface area contributed by atoms with Crippen molar-refractivity contribution in [1.82, 2.24) is 25.1 Å². The van der Waals surface area contributed by atoms with Gasteiger partial charge in [0.05, 0.1) is 5.56 Å². The molecule has 1 amide bonds. The third-order valence-corrected chi connectivity index (χ3v) is 5.86. The largest absolute Gasteiger partial charge is 0.349 e. The van der Waals surface area contributed by atoms with Gasteiger partial charge in [-0.05, 0) is 56.9 Å². The molecule has 3 aromatic rings. The lowest BCUT2D eigenvalue weighted by molar-refractivity contribution is 0.0923. The highest BCUT2D eigenvalue weighted by Gasteiger charge is 2.42. The molecule has 1 N–H and O–H groups in total. The smallest absolute Gasteiger partial charge is 0.254 e.